The van der Waals surface area contributed by atoms with E-state index in [4.69, 9.17) is 4.74 Å². The van der Waals surface area contributed by atoms with Crippen LogP contribution in [0.15, 0.2) is 0 Å². The van der Waals surface area contributed by atoms with Crippen LogP contribution in [0.3, 0.4) is 0 Å². The number of rotatable bonds is 4. The molecule has 2 rings (SSSR count). The van der Waals surface area contributed by atoms with Crippen LogP contribution >= 0.6 is 0 Å². The molecule has 2 fully saturated rings. The zero-order chi connectivity index (χ0) is 13.4. The fourth-order valence-electron chi connectivity index (χ4n) is 3.70. The number of aliphatic carboxylic acids is 1. The maximum Gasteiger partial charge on any atom is 0.324 e. The smallest absolute Gasteiger partial charge is 0.324 e. The molecular formula is C14H25NO3. The molecule has 18 heavy (non-hydrogen) atoms. The van der Waals surface area contributed by atoms with Gasteiger partial charge in [0.05, 0.1) is 6.10 Å². The Kier molecular flexibility index (Phi) is 3.70. The Morgan fingerprint density at radius 2 is 2.22 bits per heavy atom. The third-order valence-electron chi connectivity index (χ3n) is 4.51. The van der Waals surface area contributed by atoms with Crippen molar-refractivity contribution in [1.29, 1.82) is 0 Å². The van der Waals surface area contributed by atoms with E-state index in [-0.39, 0.29) is 17.4 Å². The first-order valence-electron chi connectivity index (χ1n) is 6.96. The standard InChI is InChI=1S/C14H25NO3/c1-10-7-13(2,3)9-14(10,12(16)17)15-8-11-5-4-6-18-11/h10-11,15H,4-9H2,1-3H3,(H,16,17). The summed E-state index contributed by atoms with van der Waals surface area (Å²) in [6, 6.07) is 0. The van der Waals surface area contributed by atoms with Gasteiger partial charge in [-0.1, -0.05) is 20.8 Å². The number of carboxylic acid groups (broad SMARTS) is 1. The van der Waals surface area contributed by atoms with Crippen molar-refractivity contribution < 1.29 is 14.6 Å². The van der Waals surface area contributed by atoms with E-state index in [0.717, 1.165) is 25.9 Å². The van der Waals surface area contributed by atoms with Crippen LogP contribution < -0.4 is 5.32 Å². The van der Waals surface area contributed by atoms with Gasteiger partial charge in [-0.15, -0.1) is 0 Å². The number of hydrogen-bond donors (Lipinski definition) is 2. The zero-order valence-electron chi connectivity index (χ0n) is 11.7. The quantitative estimate of drug-likeness (QED) is 0.807. The Morgan fingerprint density at radius 3 is 2.67 bits per heavy atom. The van der Waals surface area contributed by atoms with E-state index in [1.165, 1.54) is 0 Å². The molecule has 1 saturated carbocycles. The molecule has 0 radical (unpaired) electrons. The molecule has 1 aliphatic heterocycles. The molecule has 1 heterocycles. The third-order valence-corrected chi connectivity index (χ3v) is 4.51. The fraction of sp³-hybridized carbons (Fsp3) is 0.929. The molecule has 0 bridgehead atoms. The molecule has 2 N–H and O–H groups in total. The second-order valence-electron chi connectivity index (χ2n) is 6.74. The zero-order valence-corrected chi connectivity index (χ0v) is 11.7. The van der Waals surface area contributed by atoms with Gasteiger partial charge in [0.25, 0.3) is 0 Å². The maximum absolute atomic E-state index is 11.7. The summed E-state index contributed by atoms with van der Waals surface area (Å²) in [4.78, 5) is 11.7. The summed E-state index contributed by atoms with van der Waals surface area (Å²) in [6.07, 6.45) is 3.98. The van der Waals surface area contributed by atoms with Crippen LogP contribution in [0.4, 0.5) is 0 Å². The summed E-state index contributed by atoms with van der Waals surface area (Å²) in [5, 5.41) is 13.0. The Hall–Kier alpha value is -0.610. The van der Waals surface area contributed by atoms with Crippen molar-refractivity contribution in [2.24, 2.45) is 11.3 Å². The van der Waals surface area contributed by atoms with Crippen molar-refractivity contribution in [3.8, 4) is 0 Å². The third kappa shape index (κ3) is 2.54. The van der Waals surface area contributed by atoms with Crippen LogP contribution in [-0.2, 0) is 9.53 Å². The van der Waals surface area contributed by atoms with E-state index >= 15 is 0 Å². The molecule has 2 aliphatic rings. The van der Waals surface area contributed by atoms with Crippen molar-refractivity contribution in [3.63, 3.8) is 0 Å². The summed E-state index contributed by atoms with van der Waals surface area (Å²) in [5.41, 5.74) is -0.670. The average molecular weight is 255 g/mol. The van der Waals surface area contributed by atoms with Crippen molar-refractivity contribution in [1.82, 2.24) is 5.32 Å². The lowest BCUT2D eigenvalue weighted by atomic mass is 9.86. The Morgan fingerprint density at radius 1 is 1.50 bits per heavy atom. The largest absolute Gasteiger partial charge is 0.480 e. The molecule has 0 aromatic carbocycles. The first-order chi connectivity index (χ1) is 8.36. The van der Waals surface area contributed by atoms with Gasteiger partial charge in [0, 0.05) is 13.2 Å². The van der Waals surface area contributed by atoms with Gasteiger partial charge in [-0.2, -0.15) is 0 Å². The van der Waals surface area contributed by atoms with Gasteiger partial charge in [0.1, 0.15) is 5.54 Å². The monoisotopic (exact) mass is 255 g/mol. The van der Waals surface area contributed by atoms with Crippen LogP contribution in [0.5, 0.6) is 0 Å². The minimum Gasteiger partial charge on any atom is -0.480 e. The molecule has 4 nitrogen and oxygen atoms in total. The molecule has 0 aromatic rings. The van der Waals surface area contributed by atoms with E-state index < -0.39 is 11.5 Å². The van der Waals surface area contributed by atoms with Gasteiger partial charge < -0.3 is 9.84 Å². The van der Waals surface area contributed by atoms with Gasteiger partial charge in [0.15, 0.2) is 0 Å². The second-order valence-corrected chi connectivity index (χ2v) is 6.74. The number of nitrogens with one attached hydrogen (secondary N) is 1. The minimum atomic E-state index is -0.768. The molecule has 4 heteroatoms. The Bertz CT molecular complexity index is 323. The lowest BCUT2D eigenvalue weighted by molar-refractivity contribution is -0.146. The lowest BCUT2D eigenvalue weighted by Gasteiger charge is -2.32. The predicted octanol–water partition coefficient (Wildman–Crippen LogP) is 2.03. The number of hydrogen-bond acceptors (Lipinski definition) is 3. The minimum absolute atomic E-state index is 0.0986. The molecular weight excluding hydrogens is 230 g/mol. The van der Waals surface area contributed by atoms with E-state index in [0.29, 0.717) is 13.0 Å². The lowest BCUT2D eigenvalue weighted by Crippen LogP contribution is -2.56. The highest BCUT2D eigenvalue weighted by molar-refractivity contribution is 5.80. The summed E-state index contributed by atoms with van der Waals surface area (Å²) in [7, 11) is 0. The number of ether oxygens (including phenoxy) is 1. The summed E-state index contributed by atoms with van der Waals surface area (Å²) >= 11 is 0. The van der Waals surface area contributed by atoms with Crippen LogP contribution in [-0.4, -0.2) is 35.9 Å². The van der Waals surface area contributed by atoms with Gasteiger partial charge >= 0.3 is 5.97 Å². The number of carbonyl (C=O) groups is 1. The number of carboxylic acids is 1. The van der Waals surface area contributed by atoms with E-state index in [1.807, 2.05) is 6.92 Å². The molecule has 104 valence electrons. The van der Waals surface area contributed by atoms with Crippen molar-refractivity contribution in [2.75, 3.05) is 13.2 Å². The molecule has 1 aliphatic carbocycles. The van der Waals surface area contributed by atoms with Crippen molar-refractivity contribution in [2.45, 2.75) is 58.1 Å². The average Bonchev–Trinajstić information content (AvgIpc) is 2.82. The summed E-state index contributed by atoms with van der Waals surface area (Å²) < 4.78 is 5.57. The van der Waals surface area contributed by atoms with Crippen LogP contribution in [0.25, 0.3) is 0 Å². The maximum atomic E-state index is 11.7. The molecule has 0 spiro atoms. The highest BCUT2D eigenvalue weighted by Gasteiger charge is 2.53. The topological polar surface area (TPSA) is 58.6 Å². The summed E-state index contributed by atoms with van der Waals surface area (Å²) in [5.74, 6) is -0.551. The van der Waals surface area contributed by atoms with Gasteiger partial charge in [-0.25, -0.2) is 0 Å². The first kappa shape index (κ1) is 13.8. The van der Waals surface area contributed by atoms with Crippen LogP contribution in [0.2, 0.25) is 0 Å². The second kappa shape index (κ2) is 4.82. The van der Waals surface area contributed by atoms with Gasteiger partial charge in [0.2, 0.25) is 0 Å². The van der Waals surface area contributed by atoms with Crippen molar-refractivity contribution >= 4 is 5.97 Å². The normalized spacial score (nSPS) is 39.1. The predicted molar refractivity (Wildman–Crippen MR) is 69.5 cm³/mol. The fourth-order valence-corrected chi connectivity index (χ4v) is 3.70. The molecule has 3 unspecified atom stereocenters. The SMILES string of the molecule is CC1CC(C)(C)CC1(NCC1CCCO1)C(=O)O. The van der Waals surface area contributed by atoms with Crippen molar-refractivity contribution in [3.05, 3.63) is 0 Å². The Balaban J connectivity index is 2.05. The highest BCUT2D eigenvalue weighted by atomic mass is 16.5. The van der Waals surface area contributed by atoms with Gasteiger partial charge in [-0.05, 0) is 37.0 Å². The Labute approximate surface area is 109 Å². The molecule has 3 atom stereocenters. The van der Waals surface area contributed by atoms with Gasteiger partial charge in [-0.3, -0.25) is 10.1 Å². The van der Waals surface area contributed by atoms with Crippen LogP contribution in [0.1, 0.15) is 46.5 Å². The molecule has 0 amide bonds. The first-order valence-corrected chi connectivity index (χ1v) is 6.96. The molecule has 0 aromatic heterocycles. The summed E-state index contributed by atoms with van der Waals surface area (Å²) in [6.45, 7) is 7.83. The highest BCUT2D eigenvalue weighted by Crippen LogP contribution is 2.47. The van der Waals surface area contributed by atoms with E-state index in [2.05, 4.69) is 19.2 Å². The van der Waals surface area contributed by atoms with Crippen LogP contribution in [0, 0.1) is 11.3 Å². The van der Waals surface area contributed by atoms with E-state index in [1.54, 1.807) is 0 Å². The molecule has 1 saturated heterocycles. The van der Waals surface area contributed by atoms with E-state index in [9.17, 15) is 9.90 Å².